The van der Waals surface area contributed by atoms with Crippen molar-refractivity contribution in [3.8, 4) is 10.9 Å². The van der Waals surface area contributed by atoms with E-state index in [0.29, 0.717) is 17.5 Å². The fourth-order valence-corrected chi connectivity index (χ4v) is 3.45. The van der Waals surface area contributed by atoms with Gasteiger partial charge in [-0.25, -0.2) is 4.98 Å². The average Bonchev–Trinajstić information content (AvgIpc) is 3.15. The van der Waals surface area contributed by atoms with Crippen molar-refractivity contribution in [2.24, 2.45) is 0 Å². The van der Waals surface area contributed by atoms with E-state index in [9.17, 15) is 4.79 Å². The number of hydrogen-bond donors (Lipinski definition) is 1. The zero-order chi connectivity index (χ0) is 17.3. The minimum atomic E-state index is 0.0454. The zero-order valence-electron chi connectivity index (χ0n) is 13.6. The Morgan fingerprint density at radius 2 is 1.88 bits per heavy atom. The highest BCUT2D eigenvalue weighted by Crippen LogP contribution is 2.23. The van der Waals surface area contributed by atoms with Crippen LogP contribution in [0.1, 0.15) is 11.1 Å². The molecule has 0 aliphatic carbocycles. The summed E-state index contributed by atoms with van der Waals surface area (Å²) >= 11 is 3.07. The maximum absolute atomic E-state index is 11.9. The number of thioether (sulfide) groups is 1. The highest BCUT2D eigenvalue weighted by molar-refractivity contribution is 7.99. The van der Waals surface area contributed by atoms with Crippen LogP contribution in [0, 0.1) is 0 Å². The molecule has 3 rings (SSSR count). The van der Waals surface area contributed by atoms with Crippen LogP contribution in [0.15, 0.2) is 66.2 Å². The van der Waals surface area contributed by atoms with Crippen LogP contribution in [0.2, 0.25) is 0 Å². The third kappa shape index (κ3) is 5.92. The molecule has 0 saturated carbocycles. The molecule has 1 heterocycles. The van der Waals surface area contributed by atoms with Crippen LogP contribution in [0.25, 0.3) is 0 Å². The van der Waals surface area contributed by atoms with Gasteiger partial charge in [0.1, 0.15) is 5.75 Å². The Balaban J connectivity index is 1.38. The predicted molar refractivity (Wildman–Crippen MR) is 103 cm³/mol. The first-order valence-corrected chi connectivity index (χ1v) is 9.88. The topological polar surface area (TPSA) is 51.2 Å². The van der Waals surface area contributed by atoms with Gasteiger partial charge in [0.05, 0.1) is 5.75 Å². The molecule has 0 spiro atoms. The van der Waals surface area contributed by atoms with Gasteiger partial charge in [-0.3, -0.25) is 4.79 Å². The van der Waals surface area contributed by atoms with E-state index in [4.69, 9.17) is 4.74 Å². The van der Waals surface area contributed by atoms with Crippen LogP contribution >= 0.6 is 23.1 Å². The van der Waals surface area contributed by atoms with E-state index >= 15 is 0 Å². The van der Waals surface area contributed by atoms with Crippen molar-refractivity contribution in [3.05, 3.63) is 77.3 Å². The summed E-state index contributed by atoms with van der Waals surface area (Å²) in [6, 6.07) is 17.8. The van der Waals surface area contributed by atoms with E-state index in [1.807, 2.05) is 47.8 Å². The molecule has 1 amide bonds. The lowest BCUT2D eigenvalue weighted by molar-refractivity contribution is -0.118. The van der Waals surface area contributed by atoms with Gasteiger partial charge in [-0.05, 0) is 23.3 Å². The number of nitrogens with one attached hydrogen (secondary N) is 1. The fourth-order valence-electron chi connectivity index (χ4n) is 2.12. The van der Waals surface area contributed by atoms with Crippen LogP contribution in [-0.4, -0.2) is 16.6 Å². The molecule has 0 saturated heterocycles. The quantitative estimate of drug-likeness (QED) is 0.635. The van der Waals surface area contributed by atoms with Gasteiger partial charge in [0, 0.05) is 23.9 Å². The number of rotatable bonds is 8. The van der Waals surface area contributed by atoms with Crippen LogP contribution in [0.3, 0.4) is 0 Å². The molecule has 2 aromatic carbocycles. The lowest BCUT2D eigenvalue weighted by Gasteiger charge is -2.07. The first-order valence-electron chi connectivity index (χ1n) is 7.84. The molecule has 0 radical (unpaired) electrons. The molecular weight excluding hydrogens is 352 g/mol. The third-order valence-corrected chi connectivity index (χ3v) is 5.02. The van der Waals surface area contributed by atoms with Crippen molar-refractivity contribution in [1.29, 1.82) is 0 Å². The first kappa shape index (κ1) is 17.5. The molecule has 1 N–H and O–H groups in total. The number of benzene rings is 2. The number of aromatic nitrogens is 1. The number of carbonyl (C=O) groups excluding carboxylic acids is 1. The van der Waals surface area contributed by atoms with Crippen LogP contribution in [-0.2, 0) is 17.1 Å². The molecule has 0 unspecified atom stereocenters. The normalized spacial score (nSPS) is 10.4. The minimum Gasteiger partial charge on any atom is -0.431 e. The second kappa shape index (κ2) is 9.25. The Morgan fingerprint density at radius 1 is 1.08 bits per heavy atom. The number of carbonyl (C=O) groups is 1. The summed E-state index contributed by atoms with van der Waals surface area (Å²) in [6.45, 7) is 0.516. The van der Waals surface area contributed by atoms with E-state index in [2.05, 4.69) is 22.4 Å². The average molecular weight is 370 g/mol. The molecule has 0 fully saturated rings. The molecule has 0 bridgehead atoms. The molecule has 3 aromatic rings. The van der Waals surface area contributed by atoms with Gasteiger partial charge in [0.15, 0.2) is 0 Å². The first-order chi connectivity index (χ1) is 12.3. The summed E-state index contributed by atoms with van der Waals surface area (Å²) in [7, 11) is 0. The van der Waals surface area contributed by atoms with Crippen molar-refractivity contribution in [2.45, 2.75) is 12.3 Å². The molecule has 0 aliphatic rings. The molecule has 0 atom stereocenters. The molecule has 6 heteroatoms. The van der Waals surface area contributed by atoms with E-state index in [0.717, 1.165) is 17.1 Å². The predicted octanol–water partition coefficient (Wildman–Crippen LogP) is 4.49. The largest absolute Gasteiger partial charge is 0.431 e. The lowest BCUT2D eigenvalue weighted by atomic mass is 10.2. The zero-order valence-corrected chi connectivity index (χ0v) is 15.2. The Labute approximate surface area is 155 Å². The molecule has 4 nitrogen and oxygen atoms in total. The van der Waals surface area contributed by atoms with Gasteiger partial charge in [-0.1, -0.05) is 53.8 Å². The summed E-state index contributed by atoms with van der Waals surface area (Å²) in [5.74, 6) is 2.09. The Kier molecular flexibility index (Phi) is 6.48. The maximum Gasteiger partial charge on any atom is 0.278 e. The van der Waals surface area contributed by atoms with Crippen molar-refractivity contribution in [1.82, 2.24) is 10.3 Å². The van der Waals surface area contributed by atoms with Crippen molar-refractivity contribution in [2.75, 3.05) is 5.75 Å². The van der Waals surface area contributed by atoms with Gasteiger partial charge in [0.2, 0.25) is 5.91 Å². The van der Waals surface area contributed by atoms with Gasteiger partial charge in [-0.15, -0.1) is 11.8 Å². The van der Waals surface area contributed by atoms with Crippen LogP contribution in [0.4, 0.5) is 0 Å². The number of nitrogens with zero attached hydrogens (tertiary/aromatic N) is 1. The smallest absolute Gasteiger partial charge is 0.278 e. The second-order valence-corrected chi connectivity index (χ2v) is 7.14. The van der Waals surface area contributed by atoms with E-state index in [-0.39, 0.29) is 5.91 Å². The SMILES string of the molecule is O=C(CSCc1ccccc1)NCc1ccc(Oc2nccs2)cc1. The summed E-state index contributed by atoms with van der Waals surface area (Å²) in [6.07, 6.45) is 1.71. The minimum absolute atomic E-state index is 0.0454. The molecule has 0 aliphatic heterocycles. The molecule has 25 heavy (non-hydrogen) atoms. The van der Waals surface area contributed by atoms with Crippen molar-refractivity contribution in [3.63, 3.8) is 0 Å². The van der Waals surface area contributed by atoms with E-state index < -0.39 is 0 Å². The number of thiazole rings is 1. The summed E-state index contributed by atoms with van der Waals surface area (Å²) in [5.41, 5.74) is 2.27. The summed E-state index contributed by atoms with van der Waals surface area (Å²) < 4.78 is 5.61. The van der Waals surface area contributed by atoms with E-state index in [1.54, 1.807) is 18.0 Å². The maximum atomic E-state index is 11.9. The Bertz CT molecular complexity index is 775. The van der Waals surface area contributed by atoms with Gasteiger partial charge in [0.25, 0.3) is 5.19 Å². The third-order valence-electron chi connectivity index (χ3n) is 3.37. The van der Waals surface area contributed by atoms with Crippen molar-refractivity contribution < 1.29 is 9.53 Å². The van der Waals surface area contributed by atoms with E-state index in [1.165, 1.54) is 16.9 Å². The monoisotopic (exact) mass is 370 g/mol. The number of ether oxygens (including phenoxy) is 1. The second-order valence-electron chi connectivity index (χ2n) is 5.30. The summed E-state index contributed by atoms with van der Waals surface area (Å²) in [4.78, 5) is 16.0. The summed E-state index contributed by atoms with van der Waals surface area (Å²) in [5, 5.41) is 5.43. The molecular formula is C19H18N2O2S2. The van der Waals surface area contributed by atoms with Gasteiger partial charge < -0.3 is 10.1 Å². The van der Waals surface area contributed by atoms with Gasteiger partial charge in [-0.2, -0.15) is 0 Å². The van der Waals surface area contributed by atoms with Gasteiger partial charge >= 0.3 is 0 Å². The van der Waals surface area contributed by atoms with Crippen LogP contribution in [0.5, 0.6) is 10.9 Å². The highest BCUT2D eigenvalue weighted by atomic mass is 32.2. The molecule has 1 aromatic heterocycles. The van der Waals surface area contributed by atoms with Crippen LogP contribution < -0.4 is 10.1 Å². The Morgan fingerprint density at radius 3 is 2.60 bits per heavy atom. The van der Waals surface area contributed by atoms with Crippen molar-refractivity contribution >= 4 is 29.0 Å². The molecule has 128 valence electrons. The fraction of sp³-hybridized carbons (Fsp3) is 0.158. The number of hydrogen-bond acceptors (Lipinski definition) is 5. The highest BCUT2D eigenvalue weighted by Gasteiger charge is 2.03. The number of amides is 1. The lowest BCUT2D eigenvalue weighted by Crippen LogP contribution is -2.24. The standard InChI is InChI=1S/C19H18N2O2S2/c22-18(14-24-13-16-4-2-1-3-5-16)21-12-15-6-8-17(9-7-15)23-19-20-10-11-25-19/h1-11H,12-14H2,(H,21,22). The Hall–Kier alpha value is -2.31.